The zero-order chi connectivity index (χ0) is 12.2. The van der Waals surface area contributed by atoms with Gasteiger partial charge in [-0.15, -0.1) is 0 Å². The summed E-state index contributed by atoms with van der Waals surface area (Å²) in [4.78, 5) is 0. The summed E-state index contributed by atoms with van der Waals surface area (Å²) in [5.74, 6) is 0.885. The highest BCUT2D eigenvalue weighted by Crippen LogP contribution is 2.07. The Kier molecular flexibility index (Phi) is 4.56. The molecule has 0 aliphatic carbocycles. The third-order valence-corrected chi connectivity index (χ3v) is 4.36. The fraction of sp³-hybridized carbons (Fsp3) is 0.636. The highest BCUT2D eigenvalue weighted by atomic mass is 32.2. The number of hydrogen-bond acceptors (Lipinski definition) is 3. The van der Waals surface area contributed by atoms with Crippen molar-refractivity contribution in [1.29, 1.82) is 0 Å². The van der Waals surface area contributed by atoms with E-state index in [1.54, 1.807) is 20.1 Å². The molecule has 0 radical (unpaired) electrons. The minimum Gasteiger partial charge on any atom is -0.469 e. The summed E-state index contributed by atoms with van der Waals surface area (Å²) in [7, 11) is -3.17. The summed E-state index contributed by atoms with van der Waals surface area (Å²) in [6.07, 6.45) is 3.10. The van der Waals surface area contributed by atoms with E-state index < -0.39 is 15.3 Å². The predicted molar refractivity (Wildman–Crippen MR) is 63.7 cm³/mol. The van der Waals surface area contributed by atoms with Gasteiger partial charge in [-0.2, -0.15) is 0 Å². The molecule has 16 heavy (non-hydrogen) atoms. The maximum atomic E-state index is 11.6. The minimum atomic E-state index is -3.17. The topological polar surface area (TPSA) is 59.3 Å². The lowest BCUT2D eigenvalue weighted by molar-refractivity contribution is 0.479. The van der Waals surface area contributed by atoms with Gasteiger partial charge in [-0.3, -0.25) is 0 Å². The maximum absolute atomic E-state index is 11.6. The van der Waals surface area contributed by atoms with Crippen molar-refractivity contribution >= 4 is 10.0 Å². The van der Waals surface area contributed by atoms with E-state index in [1.165, 1.54) is 0 Å². The summed E-state index contributed by atoms with van der Waals surface area (Å²) in [6.45, 7) is 5.20. The summed E-state index contributed by atoms with van der Waals surface area (Å²) in [6, 6.07) is 3.65. The van der Waals surface area contributed by atoms with Gasteiger partial charge in [0.25, 0.3) is 0 Å². The second-order valence-electron chi connectivity index (χ2n) is 4.23. The summed E-state index contributed by atoms with van der Waals surface area (Å²) < 4.78 is 31.0. The summed E-state index contributed by atoms with van der Waals surface area (Å²) >= 11 is 0. The Morgan fingerprint density at radius 1 is 1.38 bits per heavy atom. The Labute approximate surface area is 97.1 Å². The molecule has 1 aromatic heterocycles. The normalized spacial score (nSPS) is 14.2. The smallest absolute Gasteiger partial charge is 0.214 e. The van der Waals surface area contributed by atoms with Gasteiger partial charge in [0.1, 0.15) is 5.76 Å². The first-order valence-electron chi connectivity index (χ1n) is 5.45. The minimum absolute atomic E-state index is 0.0718. The van der Waals surface area contributed by atoms with Gasteiger partial charge in [0, 0.05) is 12.5 Å². The van der Waals surface area contributed by atoms with Gasteiger partial charge in [0.15, 0.2) is 0 Å². The van der Waals surface area contributed by atoms with Gasteiger partial charge in [0.05, 0.1) is 11.5 Å². The zero-order valence-electron chi connectivity index (χ0n) is 9.93. The molecule has 0 aliphatic heterocycles. The van der Waals surface area contributed by atoms with E-state index >= 15 is 0 Å². The van der Waals surface area contributed by atoms with Crippen molar-refractivity contribution in [3.05, 3.63) is 24.2 Å². The molecule has 4 nitrogen and oxygen atoms in total. The lowest BCUT2D eigenvalue weighted by Crippen LogP contribution is -2.37. The van der Waals surface area contributed by atoms with Crippen molar-refractivity contribution in [3.63, 3.8) is 0 Å². The first kappa shape index (κ1) is 13.3. The van der Waals surface area contributed by atoms with Crippen LogP contribution in [-0.4, -0.2) is 19.7 Å². The van der Waals surface area contributed by atoms with Crippen LogP contribution in [0.15, 0.2) is 22.8 Å². The Hall–Kier alpha value is -0.810. The molecule has 1 rings (SSSR count). The molecule has 0 aliphatic rings. The van der Waals surface area contributed by atoms with Crippen molar-refractivity contribution in [3.8, 4) is 0 Å². The van der Waals surface area contributed by atoms with Crippen molar-refractivity contribution in [2.75, 3.05) is 0 Å². The van der Waals surface area contributed by atoms with Crippen LogP contribution in [0, 0.1) is 0 Å². The van der Waals surface area contributed by atoms with Gasteiger partial charge in [-0.25, -0.2) is 13.1 Å². The van der Waals surface area contributed by atoms with Crippen LogP contribution in [0.1, 0.15) is 33.0 Å². The predicted octanol–water partition coefficient (Wildman–Crippen LogP) is 1.93. The average Bonchev–Trinajstić information content (AvgIpc) is 2.66. The molecule has 92 valence electrons. The molecule has 0 spiro atoms. The SMILES string of the molecule is CC(CCc1ccco1)NS(=O)(=O)C(C)C. The van der Waals surface area contributed by atoms with Crippen LogP contribution in [0.3, 0.4) is 0 Å². The van der Waals surface area contributed by atoms with Crippen LogP contribution in [0.5, 0.6) is 0 Å². The van der Waals surface area contributed by atoms with Crippen LogP contribution < -0.4 is 4.72 Å². The standard InChI is InChI=1S/C11H19NO3S/c1-9(2)16(13,14)12-10(3)6-7-11-5-4-8-15-11/h4-5,8-10,12H,6-7H2,1-3H3. The molecule has 1 atom stereocenters. The highest BCUT2D eigenvalue weighted by molar-refractivity contribution is 7.90. The van der Waals surface area contributed by atoms with Gasteiger partial charge in [0.2, 0.25) is 10.0 Å². The van der Waals surface area contributed by atoms with Gasteiger partial charge < -0.3 is 4.42 Å². The first-order chi connectivity index (χ1) is 7.42. The molecule has 0 saturated heterocycles. The van der Waals surface area contributed by atoms with Crippen molar-refractivity contribution in [1.82, 2.24) is 4.72 Å². The highest BCUT2D eigenvalue weighted by Gasteiger charge is 2.18. The van der Waals surface area contributed by atoms with Gasteiger partial charge in [-0.05, 0) is 39.3 Å². The number of rotatable bonds is 6. The lowest BCUT2D eigenvalue weighted by atomic mass is 10.2. The molecule has 1 N–H and O–H groups in total. The molecule has 1 aromatic rings. The van der Waals surface area contributed by atoms with E-state index in [-0.39, 0.29) is 6.04 Å². The van der Waals surface area contributed by atoms with E-state index in [0.717, 1.165) is 18.6 Å². The molecular formula is C11H19NO3S. The number of sulfonamides is 1. The molecule has 5 heteroatoms. The van der Waals surface area contributed by atoms with Crippen LogP contribution in [-0.2, 0) is 16.4 Å². The number of furan rings is 1. The fourth-order valence-corrected chi connectivity index (χ4v) is 2.24. The van der Waals surface area contributed by atoms with Crippen LogP contribution in [0.2, 0.25) is 0 Å². The monoisotopic (exact) mass is 245 g/mol. The van der Waals surface area contributed by atoms with Crippen LogP contribution >= 0.6 is 0 Å². The molecule has 0 fully saturated rings. The maximum Gasteiger partial charge on any atom is 0.214 e. The van der Waals surface area contributed by atoms with Gasteiger partial charge >= 0.3 is 0 Å². The van der Waals surface area contributed by atoms with Crippen molar-refractivity contribution in [2.45, 2.75) is 44.9 Å². The summed E-state index contributed by atoms with van der Waals surface area (Å²) in [5, 5.41) is -0.390. The first-order valence-corrected chi connectivity index (χ1v) is 7.00. The molecule has 1 unspecified atom stereocenters. The van der Waals surface area contributed by atoms with E-state index in [2.05, 4.69) is 4.72 Å². The van der Waals surface area contributed by atoms with Crippen LogP contribution in [0.4, 0.5) is 0 Å². The Morgan fingerprint density at radius 2 is 2.06 bits per heavy atom. The van der Waals surface area contributed by atoms with E-state index in [0.29, 0.717) is 0 Å². The Bertz CT molecular complexity index is 395. The quantitative estimate of drug-likeness (QED) is 0.833. The Balaban J connectivity index is 2.39. The van der Waals surface area contributed by atoms with Crippen molar-refractivity contribution < 1.29 is 12.8 Å². The number of nitrogens with one attached hydrogen (secondary N) is 1. The zero-order valence-corrected chi connectivity index (χ0v) is 10.8. The molecule has 0 saturated carbocycles. The molecule has 0 aromatic carbocycles. The third-order valence-electron chi connectivity index (χ3n) is 2.39. The summed E-state index contributed by atoms with van der Waals surface area (Å²) in [5.41, 5.74) is 0. The number of aryl methyl sites for hydroxylation is 1. The third kappa shape index (κ3) is 3.98. The Morgan fingerprint density at radius 3 is 2.56 bits per heavy atom. The second kappa shape index (κ2) is 5.50. The van der Waals surface area contributed by atoms with E-state index in [4.69, 9.17) is 4.42 Å². The van der Waals surface area contributed by atoms with Crippen LogP contribution in [0.25, 0.3) is 0 Å². The average molecular weight is 245 g/mol. The molecular weight excluding hydrogens is 226 g/mol. The van der Waals surface area contributed by atoms with E-state index in [9.17, 15) is 8.42 Å². The van der Waals surface area contributed by atoms with Gasteiger partial charge in [-0.1, -0.05) is 0 Å². The second-order valence-corrected chi connectivity index (χ2v) is 6.50. The molecule has 0 amide bonds. The number of hydrogen-bond donors (Lipinski definition) is 1. The largest absolute Gasteiger partial charge is 0.469 e. The van der Waals surface area contributed by atoms with E-state index in [1.807, 2.05) is 19.1 Å². The fourth-order valence-electron chi connectivity index (χ4n) is 1.29. The lowest BCUT2D eigenvalue weighted by Gasteiger charge is -2.15. The molecule has 0 bridgehead atoms. The van der Waals surface area contributed by atoms with Crippen molar-refractivity contribution in [2.24, 2.45) is 0 Å². The molecule has 1 heterocycles.